The maximum Gasteiger partial charge on any atom is 0.141 e. The maximum atomic E-state index is 6.30. The molecule has 0 saturated heterocycles. The van der Waals surface area contributed by atoms with Gasteiger partial charge < -0.3 is 4.57 Å². The Morgan fingerprint density at radius 2 is 1.40 bits per heavy atom. The van der Waals surface area contributed by atoms with Crippen molar-refractivity contribution in [2.75, 3.05) is 0 Å². The molecular weight excluding hydrogens is 519 g/mol. The van der Waals surface area contributed by atoms with Crippen LogP contribution in [0.25, 0.3) is 21.8 Å². The van der Waals surface area contributed by atoms with Gasteiger partial charge in [-0.15, -0.1) is 0 Å². The molecule has 1 aromatic heterocycles. The number of rotatable bonds is 1. The smallest absolute Gasteiger partial charge is 0.141 e. The topological polar surface area (TPSA) is 4.93 Å². The number of hydrogen-bond acceptors (Lipinski definition) is 0. The third-order valence-electron chi connectivity index (χ3n) is 3.83. The van der Waals surface area contributed by atoms with Crippen LogP contribution < -0.4 is 0 Å². The average molecular weight is 528 g/mol. The highest BCUT2D eigenvalue weighted by Gasteiger charge is 2.53. The van der Waals surface area contributed by atoms with Crippen LogP contribution in [0.3, 0.4) is 0 Å². The fraction of sp³-hybridized carbons (Fsp3) is 0.200. The van der Waals surface area contributed by atoms with E-state index in [9.17, 15) is 0 Å². The molecule has 2 aromatic carbocycles. The monoisotopic (exact) mass is 527 g/mol. The van der Waals surface area contributed by atoms with Crippen LogP contribution >= 0.6 is 68.4 Å². The summed E-state index contributed by atoms with van der Waals surface area (Å²) in [7, 11) is 0. The zero-order valence-corrected chi connectivity index (χ0v) is 16.0. The largest absolute Gasteiger partial charge is 0.334 e. The summed E-state index contributed by atoms with van der Waals surface area (Å²) in [5.41, 5.74) is 2.44. The Morgan fingerprint density at radius 1 is 0.950 bits per heavy atom. The van der Waals surface area contributed by atoms with Gasteiger partial charge in [0, 0.05) is 35.4 Å². The fourth-order valence-electron chi connectivity index (χ4n) is 2.81. The van der Waals surface area contributed by atoms with E-state index in [1.54, 1.807) is 0 Å². The predicted octanol–water partition coefficient (Wildman–Crippen LogP) is 6.12. The van der Waals surface area contributed by atoms with Crippen molar-refractivity contribution in [2.24, 2.45) is 0 Å². The van der Waals surface area contributed by atoms with Crippen LogP contribution in [0.4, 0.5) is 0 Å². The lowest BCUT2D eigenvalue weighted by atomic mass is 10.2. The summed E-state index contributed by atoms with van der Waals surface area (Å²) in [6.07, 6.45) is 0.812. The quantitative estimate of drug-likeness (QED) is 0.265. The number of nitrogens with zero attached hydrogens (tertiary/aromatic N) is 1. The number of alkyl halides is 2. The highest BCUT2D eigenvalue weighted by molar-refractivity contribution is 14.1. The number of halogens is 4. The van der Waals surface area contributed by atoms with Crippen LogP contribution in [0.15, 0.2) is 36.4 Å². The van der Waals surface area contributed by atoms with Gasteiger partial charge in [0.2, 0.25) is 0 Å². The number of benzene rings is 2. The van der Waals surface area contributed by atoms with E-state index in [4.69, 9.17) is 23.2 Å². The third-order valence-corrected chi connectivity index (χ3v) is 5.99. The van der Waals surface area contributed by atoms with Gasteiger partial charge in [0.25, 0.3) is 0 Å². The van der Waals surface area contributed by atoms with Crippen molar-refractivity contribution in [3.63, 3.8) is 0 Å². The highest BCUT2D eigenvalue weighted by atomic mass is 127. The zero-order chi connectivity index (χ0) is 14.1. The first kappa shape index (κ1) is 13.9. The van der Waals surface area contributed by atoms with Crippen molar-refractivity contribution >= 4 is 90.2 Å². The molecule has 1 unspecified atom stereocenters. The second-order valence-corrected chi connectivity index (χ2v) is 9.21. The molecule has 0 N–H and O–H groups in total. The lowest BCUT2D eigenvalue weighted by Gasteiger charge is -2.07. The summed E-state index contributed by atoms with van der Waals surface area (Å²) in [6.45, 7) is 0. The van der Waals surface area contributed by atoms with E-state index in [0.29, 0.717) is 0 Å². The molecule has 1 heterocycles. The summed E-state index contributed by atoms with van der Waals surface area (Å²) >= 11 is 17.3. The van der Waals surface area contributed by atoms with Crippen molar-refractivity contribution < 1.29 is 0 Å². The number of hydrogen-bond donors (Lipinski definition) is 0. The minimum atomic E-state index is -0.620. The number of aromatic nitrogens is 1. The normalized spacial score (nSPS) is 20.7. The molecule has 0 aliphatic heterocycles. The molecule has 3 aromatic rings. The van der Waals surface area contributed by atoms with Crippen LogP contribution in [0.2, 0.25) is 0 Å². The molecule has 0 radical (unpaired) electrons. The molecule has 1 nitrogen and oxygen atoms in total. The zero-order valence-electron chi connectivity index (χ0n) is 10.2. The molecule has 1 aliphatic rings. The van der Waals surface area contributed by atoms with Crippen LogP contribution in [-0.2, 0) is 0 Å². The molecule has 20 heavy (non-hydrogen) atoms. The first-order valence-corrected chi connectivity index (χ1v) is 9.15. The van der Waals surface area contributed by atoms with Crippen LogP contribution in [0.1, 0.15) is 12.5 Å². The Bertz CT molecular complexity index is 795. The average Bonchev–Trinajstić information content (AvgIpc) is 2.90. The fourth-order valence-corrected chi connectivity index (χ4v) is 4.28. The molecule has 0 amide bonds. The first-order valence-electron chi connectivity index (χ1n) is 6.24. The lowest BCUT2D eigenvalue weighted by molar-refractivity contribution is 0.794. The lowest BCUT2D eigenvalue weighted by Crippen LogP contribution is -2.00. The van der Waals surface area contributed by atoms with E-state index in [1.165, 1.54) is 28.9 Å². The van der Waals surface area contributed by atoms with Crippen molar-refractivity contribution in [3.05, 3.63) is 43.5 Å². The Morgan fingerprint density at radius 3 is 1.80 bits per heavy atom. The standard InChI is InChI=1S/C15H9Cl2I2N/c16-15(17)7-14(15)20-12-3-1-8(18)5-10(12)11-6-9(19)2-4-13(11)20/h1-6,14H,7H2. The Kier molecular flexibility index (Phi) is 3.22. The second kappa shape index (κ2) is 4.64. The molecule has 1 saturated carbocycles. The van der Waals surface area contributed by atoms with E-state index in [0.717, 1.165) is 6.42 Å². The Balaban J connectivity index is 2.14. The molecule has 0 bridgehead atoms. The third kappa shape index (κ3) is 2.08. The van der Waals surface area contributed by atoms with E-state index in [-0.39, 0.29) is 6.04 Å². The van der Waals surface area contributed by atoms with Crippen LogP contribution in [0, 0.1) is 7.14 Å². The molecule has 1 aliphatic carbocycles. The summed E-state index contributed by atoms with van der Waals surface area (Å²) in [4.78, 5) is 0. The van der Waals surface area contributed by atoms with Crippen molar-refractivity contribution in [1.29, 1.82) is 0 Å². The van der Waals surface area contributed by atoms with Gasteiger partial charge in [-0.1, -0.05) is 23.2 Å². The minimum Gasteiger partial charge on any atom is -0.334 e. The van der Waals surface area contributed by atoms with Gasteiger partial charge in [-0.3, -0.25) is 0 Å². The Hall–Kier alpha value is 0.280. The SMILES string of the molecule is ClC1(Cl)CC1n1c2ccc(I)cc2c2cc(I)ccc21. The van der Waals surface area contributed by atoms with Gasteiger partial charge >= 0.3 is 0 Å². The van der Waals surface area contributed by atoms with Gasteiger partial charge in [-0.05, 0) is 81.6 Å². The van der Waals surface area contributed by atoms with Gasteiger partial charge in [0.05, 0.1) is 6.04 Å². The first-order chi connectivity index (χ1) is 9.47. The minimum absolute atomic E-state index is 0.172. The van der Waals surface area contributed by atoms with E-state index >= 15 is 0 Å². The second-order valence-electron chi connectivity index (χ2n) is 5.17. The summed E-state index contributed by atoms with van der Waals surface area (Å²) in [6, 6.07) is 13.3. The molecular formula is C15H9Cl2I2N. The van der Waals surface area contributed by atoms with E-state index < -0.39 is 4.33 Å². The maximum absolute atomic E-state index is 6.30. The molecule has 4 rings (SSSR count). The molecule has 1 fully saturated rings. The molecule has 102 valence electrons. The molecule has 1 atom stereocenters. The summed E-state index contributed by atoms with van der Waals surface area (Å²) in [5.74, 6) is 0. The number of fused-ring (bicyclic) bond motifs is 3. The summed E-state index contributed by atoms with van der Waals surface area (Å²) < 4.78 is 4.17. The highest BCUT2D eigenvalue weighted by Crippen LogP contribution is 2.58. The van der Waals surface area contributed by atoms with Gasteiger partial charge in [-0.25, -0.2) is 0 Å². The van der Waals surface area contributed by atoms with Gasteiger partial charge in [-0.2, -0.15) is 0 Å². The summed E-state index contributed by atoms with van der Waals surface area (Å²) in [5, 5.41) is 2.56. The van der Waals surface area contributed by atoms with Crippen molar-refractivity contribution in [1.82, 2.24) is 4.57 Å². The van der Waals surface area contributed by atoms with E-state index in [1.807, 2.05) is 0 Å². The van der Waals surface area contributed by atoms with Gasteiger partial charge in [0.15, 0.2) is 0 Å². The van der Waals surface area contributed by atoms with Crippen LogP contribution in [0.5, 0.6) is 0 Å². The van der Waals surface area contributed by atoms with E-state index in [2.05, 4.69) is 86.1 Å². The molecule has 5 heteroatoms. The van der Waals surface area contributed by atoms with Gasteiger partial charge in [0.1, 0.15) is 4.33 Å². The van der Waals surface area contributed by atoms with Crippen molar-refractivity contribution in [2.45, 2.75) is 16.8 Å². The van der Waals surface area contributed by atoms with Crippen molar-refractivity contribution in [3.8, 4) is 0 Å². The Labute approximate surface area is 153 Å². The van der Waals surface area contributed by atoms with Crippen LogP contribution in [-0.4, -0.2) is 8.90 Å². The predicted molar refractivity (Wildman–Crippen MR) is 103 cm³/mol. The molecule has 0 spiro atoms.